The number of nitrogens with zero attached hydrogens (tertiary/aromatic N) is 1. The van der Waals surface area contributed by atoms with Crippen LogP contribution in [0.5, 0.6) is 0 Å². The Morgan fingerprint density at radius 3 is 2.61 bits per heavy atom. The predicted octanol–water partition coefficient (Wildman–Crippen LogP) is 2.01. The lowest BCUT2D eigenvalue weighted by molar-refractivity contribution is 0.0602. The van der Waals surface area contributed by atoms with Crippen LogP contribution in [-0.4, -0.2) is 22.6 Å². The summed E-state index contributed by atoms with van der Waals surface area (Å²) in [5.74, 6) is -0.435. The third-order valence-electron chi connectivity index (χ3n) is 3.01. The lowest BCUT2D eigenvalue weighted by Gasteiger charge is -2.09. The van der Waals surface area contributed by atoms with Gasteiger partial charge in [0.05, 0.1) is 23.7 Å². The molecule has 0 saturated carbocycles. The van der Waals surface area contributed by atoms with E-state index in [1.165, 1.54) is 7.11 Å². The second-order valence-electron chi connectivity index (χ2n) is 4.54. The Hall–Kier alpha value is -2.04. The molecule has 1 aromatic heterocycles. The Morgan fingerprint density at radius 2 is 2.06 bits per heavy atom. The first kappa shape index (κ1) is 12.4. The summed E-state index contributed by atoms with van der Waals surface area (Å²) < 4.78 is 6.39. The molecule has 1 heterocycles. The Labute approximate surface area is 104 Å². The number of imidazole rings is 1. The number of rotatable bonds is 2. The van der Waals surface area contributed by atoms with Gasteiger partial charge in [0.15, 0.2) is 0 Å². The van der Waals surface area contributed by atoms with Gasteiger partial charge >= 0.3 is 11.7 Å². The molecule has 0 unspecified atom stereocenters. The molecule has 0 atom stereocenters. The average molecular weight is 248 g/mol. The number of carbonyl (C=O) groups is 1. The number of aromatic amines is 1. The third-order valence-corrected chi connectivity index (χ3v) is 3.01. The minimum absolute atomic E-state index is 0.0273. The van der Waals surface area contributed by atoms with Gasteiger partial charge in [-0.15, -0.1) is 0 Å². The number of hydrogen-bond donors (Lipinski definition) is 1. The van der Waals surface area contributed by atoms with E-state index in [0.717, 1.165) is 11.1 Å². The number of methoxy groups -OCH3 is 1. The highest BCUT2D eigenvalue weighted by Crippen LogP contribution is 2.22. The van der Waals surface area contributed by atoms with Gasteiger partial charge in [0, 0.05) is 6.04 Å². The minimum Gasteiger partial charge on any atom is -0.465 e. The monoisotopic (exact) mass is 248 g/mol. The van der Waals surface area contributed by atoms with Crippen molar-refractivity contribution in [3.8, 4) is 0 Å². The van der Waals surface area contributed by atoms with E-state index in [1.54, 1.807) is 4.57 Å². The van der Waals surface area contributed by atoms with Gasteiger partial charge in [-0.2, -0.15) is 0 Å². The number of hydrogen-bond acceptors (Lipinski definition) is 3. The van der Waals surface area contributed by atoms with Crippen molar-refractivity contribution in [2.75, 3.05) is 7.11 Å². The van der Waals surface area contributed by atoms with Crippen molar-refractivity contribution >= 4 is 17.0 Å². The molecule has 0 radical (unpaired) electrons. The van der Waals surface area contributed by atoms with E-state index in [-0.39, 0.29) is 11.7 Å². The maximum absolute atomic E-state index is 11.9. The molecule has 0 saturated heterocycles. The molecule has 18 heavy (non-hydrogen) atoms. The van der Waals surface area contributed by atoms with Crippen LogP contribution < -0.4 is 5.69 Å². The molecule has 0 spiro atoms. The summed E-state index contributed by atoms with van der Waals surface area (Å²) in [5, 5.41) is 0. The van der Waals surface area contributed by atoms with Crippen LogP contribution in [-0.2, 0) is 4.74 Å². The fraction of sp³-hybridized carbons (Fsp3) is 0.385. The number of nitrogens with one attached hydrogen (secondary N) is 1. The molecule has 0 aliphatic carbocycles. The van der Waals surface area contributed by atoms with Crippen LogP contribution in [0.4, 0.5) is 0 Å². The first-order valence-electron chi connectivity index (χ1n) is 5.79. The molecule has 0 fully saturated rings. The summed E-state index contributed by atoms with van der Waals surface area (Å²) in [6.07, 6.45) is 0. The Balaban J connectivity index is 2.88. The average Bonchev–Trinajstić information content (AvgIpc) is 2.64. The number of fused-ring (bicyclic) bond motifs is 1. The molecule has 2 rings (SSSR count). The molecule has 5 nitrogen and oxygen atoms in total. The van der Waals surface area contributed by atoms with Gasteiger partial charge in [-0.3, -0.25) is 4.57 Å². The van der Waals surface area contributed by atoms with E-state index in [0.29, 0.717) is 11.1 Å². The molecule has 1 N–H and O–H groups in total. The minimum atomic E-state index is -0.435. The normalized spacial score (nSPS) is 11.2. The van der Waals surface area contributed by atoms with Gasteiger partial charge in [0.2, 0.25) is 0 Å². The van der Waals surface area contributed by atoms with Gasteiger partial charge < -0.3 is 9.72 Å². The van der Waals surface area contributed by atoms with Crippen LogP contribution in [0.25, 0.3) is 11.0 Å². The molecular formula is C13H16N2O3. The molecule has 1 aromatic carbocycles. The molecule has 0 aliphatic heterocycles. The van der Waals surface area contributed by atoms with Crippen molar-refractivity contribution in [2.45, 2.75) is 26.8 Å². The number of aryl methyl sites for hydroxylation is 1. The fourth-order valence-electron chi connectivity index (χ4n) is 2.18. The first-order valence-corrected chi connectivity index (χ1v) is 5.79. The number of benzene rings is 1. The summed E-state index contributed by atoms with van der Waals surface area (Å²) in [5.41, 5.74) is 2.26. The lowest BCUT2D eigenvalue weighted by Crippen LogP contribution is -2.18. The molecule has 0 bridgehead atoms. The summed E-state index contributed by atoms with van der Waals surface area (Å²) in [6.45, 7) is 5.66. The standard InChI is InChI=1S/C13H16N2O3/c1-7(2)15-9-6-5-8(3)10(12(16)18-4)11(9)14-13(15)17/h5-7H,1-4H3,(H,14,17). The summed E-state index contributed by atoms with van der Waals surface area (Å²) in [4.78, 5) is 26.4. The van der Waals surface area contributed by atoms with Gasteiger partial charge in [-0.25, -0.2) is 9.59 Å². The highest BCUT2D eigenvalue weighted by molar-refractivity contribution is 6.03. The zero-order valence-corrected chi connectivity index (χ0v) is 10.9. The Kier molecular flexibility index (Phi) is 2.98. The maximum atomic E-state index is 11.9. The largest absolute Gasteiger partial charge is 0.465 e. The van der Waals surface area contributed by atoms with Crippen LogP contribution >= 0.6 is 0 Å². The summed E-state index contributed by atoms with van der Waals surface area (Å²) in [7, 11) is 1.33. The maximum Gasteiger partial charge on any atom is 0.340 e. The second kappa shape index (κ2) is 4.33. The van der Waals surface area contributed by atoms with E-state index >= 15 is 0 Å². The number of H-pyrrole nitrogens is 1. The van der Waals surface area contributed by atoms with Crippen molar-refractivity contribution < 1.29 is 9.53 Å². The Morgan fingerprint density at radius 1 is 1.39 bits per heavy atom. The highest BCUT2D eigenvalue weighted by Gasteiger charge is 2.19. The van der Waals surface area contributed by atoms with E-state index < -0.39 is 5.97 Å². The highest BCUT2D eigenvalue weighted by atomic mass is 16.5. The van der Waals surface area contributed by atoms with Crippen molar-refractivity contribution in [3.63, 3.8) is 0 Å². The van der Waals surface area contributed by atoms with E-state index in [2.05, 4.69) is 4.98 Å². The van der Waals surface area contributed by atoms with Crippen molar-refractivity contribution in [2.24, 2.45) is 0 Å². The number of aromatic nitrogens is 2. The van der Waals surface area contributed by atoms with Crippen molar-refractivity contribution in [1.82, 2.24) is 9.55 Å². The van der Waals surface area contributed by atoms with Gasteiger partial charge in [0.1, 0.15) is 0 Å². The smallest absolute Gasteiger partial charge is 0.340 e. The van der Waals surface area contributed by atoms with Crippen molar-refractivity contribution in [1.29, 1.82) is 0 Å². The van der Waals surface area contributed by atoms with Crippen LogP contribution in [0, 0.1) is 6.92 Å². The quantitative estimate of drug-likeness (QED) is 0.827. The number of carbonyl (C=O) groups excluding carboxylic acids is 1. The molecule has 96 valence electrons. The Bertz CT molecular complexity index is 665. The first-order chi connectivity index (χ1) is 8.47. The van der Waals surface area contributed by atoms with Crippen LogP contribution in [0.15, 0.2) is 16.9 Å². The van der Waals surface area contributed by atoms with E-state index in [1.807, 2.05) is 32.9 Å². The van der Waals surface area contributed by atoms with Crippen molar-refractivity contribution in [3.05, 3.63) is 33.7 Å². The second-order valence-corrected chi connectivity index (χ2v) is 4.54. The molecule has 0 aliphatic rings. The van der Waals surface area contributed by atoms with E-state index in [4.69, 9.17) is 4.74 Å². The van der Waals surface area contributed by atoms with Gasteiger partial charge in [0.25, 0.3) is 0 Å². The van der Waals surface area contributed by atoms with Crippen LogP contribution in [0.2, 0.25) is 0 Å². The van der Waals surface area contributed by atoms with Gasteiger partial charge in [-0.05, 0) is 32.4 Å². The topological polar surface area (TPSA) is 64.1 Å². The molecule has 0 amide bonds. The zero-order valence-electron chi connectivity index (χ0n) is 10.9. The number of ether oxygens (including phenoxy) is 1. The SMILES string of the molecule is COC(=O)c1c(C)ccc2c1[nH]c(=O)n2C(C)C. The molecule has 5 heteroatoms. The fourth-order valence-corrected chi connectivity index (χ4v) is 2.18. The summed E-state index contributed by atoms with van der Waals surface area (Å²) >= 11 is 0. The predicted molar refractivity (Wildman–Crippen MR) is 69.0 cm³/mol. The zero-order chi connectivity index (χ0) is 13.4. The van der Waals surface area contributed by atoms with Gasteiger partial charge in [-0.1, -0.05) is 6.07 Å². The molecular weight excluding hydrogens is 232 g/mol. The van der Waals surface area contributed by atoms with Crippen LogP contribution in [0.1, 0.15) is 35.8 Å². The number of esters is 1. The molecule has 2 aromatic rings. The van der Waals surface area contributed by atoms with Crippen LogP contribution in [0.3, 0.4) is 0 Å². The van der Waals surface area contributed by atoms with E-state index in [9.17, 15) is 9.59 Å². The summed E-state index contributed by atoms with van der Waals surface area (Å²) in [6, 6.07) is 3.69. The lowest BCUT2D eigenvalue weighted by atomic mass is 10.1. The third kappa shape index (κ3) is 1.72.